The maximum atomic E-state index is 12.8. The van der Waals surface area contributed by atoms with Gasteiger partial charge in [-0.3, -0.25) is 9.69 Å². The van der Waals surface area contributed by atoms with Crippen LogP contribution >= 0.6 is 11.3 Å². The van der Waals surface area contributed by atoms with Gasteiger partial charge < -0.3 is 9.32 Å². The van der Waals surface area contributed by atoms with Gasteiger partial charge in [-0.05, 0) is 63.1 Å². The van der Waals surface area contributed by atoms with Crippen molar-refractivity contribution in [3.05, 3.63) is 22.7 Å². The molecule has 4 rings (SSSR count). The van der Waals surface area contributed by atoms with Crippen molar-refractivity contribution in [1.29, 1.82) is 0 Å². The summed E-state index contributed by atoms with van der Waals surface area (Å²) in [5, 5.41) is 12.5. The van der Waals surface area contributed by atoms with E-state index in [1.165, 1.54) is 0 Å². The molecular weight excluding hydrogens is 360 g/mol. The van der Waals surface area contributed by atoms with Crippen LogP contribution in [0.15, 0.2) is 21.2 Å². The first kappa shape index (κ1) is 18.6. The first-order valence-corrected chi connectivity index (χ1v) is 10.9. The zero-order valence-corrected chi connectivity index (χ0v) is 17.0. The molecule has 2 aromatic heterocycles. The minimum absolute atomic E-state index is 0.0385. The summed E-state index contributed by atoms with van der Waals surface area (Å²) in [6.07, 6.45) is 4.17. The van der Waals surface area contributed by atoms with Crippen LogP contribution < -0.4 is 0 Å². The molecule has 7 heteroatoms. The Labute approximate surface area is 164 Å². The molecule has 6 nitrogen and oxygen atoms in total. The van der Waals surface area contributed by atoms with Gasteiger partial charge in [-0.2, -0.15) is 11.3 Å². The van der Waals surface area contributed by atoms with Gasteiger partial charge in [0.25, 0.3) is 0 Å². The van der Waals surface area contributed by atoms with Crippen molar-refractivity contribution in [3.8, 4) is 11.5 Å². The highest BCUT2D eigenvalue weighted by Crippen LogP contribution is 2.31. The van der Waals surface area contributed by atoms with E-state index in [-0.39, 0.29) is 11.9 Å². The van der Waals surface area contributed by atoms with Crippen molar-refractivity contribution < 1.29 is 9.21 Å². The highest BCUT2D eigenvalue weighted by molar-refractivity contribution is 7.08. The zero-order valence-electron chi connectivity index (χ0n) is 16.1. The first-order valence-electron chi connectivity index (χ1n) is 10.0. The highest BCUT2D eigenvalue weighted by atomic mass is 32.1. The van der Waals surface area contributed by atoms with Crippen LogP contribution in [0.5, 0.6) is 0 Å². The molecule has 4 heterocycles. The fourth-order valence-electron chi connectivity index (χ4n) is 4.09. The van der Waals surface area contributed by atoms with Crippen LogP contribution in [0.4, 0.5) is 0 Å². The summed E-state index contributed by atoms with van der Waals surface area (Å²) in [5.74, 6) is 2.67. The quantitative estimate of drug-likeness (QED) is 0.800. The van der Waals surface area contributed by atoms with E-state index in [1.807, 2.05) is 16.8 Å². The monoisotopic (exact) mass is 388 g/mol. The third kappa shape index (κ3) is 4.09. The molecule has 2 aromatic rings. The smallest absolute Gasteiger partial charge is 0.248 e. The molecule has 0 saturated carbocycles. The van der Waals surface area contributed by atoms with E-state index in [0.29, 0.717) is 11.8 Å². The van der Waals surface area contributed by atoms with E-state index in [2.05, 4.69) is 33.8 Å². The predicted octanol–water partition coefficient (Wildman–Crippen LogP) is 3.62. The molecule has 0 radical (unpaired) electrons. The van der Waals surface area contributed by atoms with Crippen LogP contribution in [0.1, 0.15) is 51.3 Å². The Bertz CT molecular complexity index is 744. The Kier molecular flexibility index (Phi) is 5.59. The lowest BCUT2D eigenvalue weighted by atomic mass is 9.95. The van der Waals surface area contributed by atoms with Gasteiger partial charge in [0.05, 0.1) is 6.04 Å². The molecule has 1 atom stereocenters. The number of carbonyl (C=O) groups is 1. The van der Waals surface area contributed by atoms with E-state index < -0.39 is 0 Å². The van der Waals surface area contributed by atoms with Gasteiger partial charge in [-0.1, -0.05) is 6.92 Å². The van der Waals surface area contributed by atoms with Gasteiger partial charge in [0.15, 0.2) is 0 Å². The number of nitrogens with zero attached hydrogens (tertiary/aromatic N) is 4. The maximum absolute atomic E-state index is 12.8. The summed E-state index contributed by atoms with van der Waals surface area (Å²) in [6.45, 7) is 7.96. The van der Waals surface area contributed by atoms with Crippen LogP contribution in [-0.4, -0.2) is 58.1 Å². The van der Waals surface area contributed by atoms with Gasteiger partial charge >= 0.3 is 0 Å². The fraction of sp³-hybridized carbons (Fsp3) is 0.650. The van der Waals surface area contributed by atoms with Gasteiger partial charge in [0.1, 0.15) is 0 Å². The summed E-state index contributed by atoms with van der Waals surface area (Å²) < 4.78 is 5.91. The second-order valence-electron chi connectivity index (χ2n) is 7.95. The predicted molar refractivity (Wildman–Crippen MR) is 106 cm³/mol. The van der Waals surface area contributed by atoms with Gasteiger partial charge in [-0.25, -0.2) is 0 Å². The van der Waals surface area contributed by atoms with Crippen LogP contribution in [0.3, 0.4) is 0 Å². The number of likely N-dealkylation sites (tertiary alicyclic amines) is 2. The minimum atomic E-state index is -0.0385. The maximum Gasteiger partial charge on any atom is 0.248 e. The van der Waals surface area contributed by atoms with Crippen LogP contribution in [0, 0.1) is 5.92 Å². The second-order valence-corrected chi connectivity index (χ2v) is 8.73. The summed E-state index contributed by atoms with van der Waals surface area (Å²) in [7, 11) is 0. The SMILES string of the molecule is CC1CCN(C(=O)C(C)N2CCC(c3nnc(-c4ccsc4)o3)CC2)CC1. The normalized spacial score (nSPS) is 21.5. The Hall–Kier alpha value is -1.73. The van der Waals surface area contributed by atoms with Gasteiger partial charge in [0.2, 0.25) is 17.7 Å². The van der Waals surface area contributed by atoms with Crippen molar-refractivity contribution in [2.24, 2.45) is 5.92 Å². The number of hydrogen-bond acceptors (Lipinski definition) is 6. The van der Waals surface area contributed by atoms with Crippen molar-refractivity contribution in [2.75, 3.05) is 26.2 Å². The van der Waals surface area contributed by atoms with Crippen LogP contribution in [0.25, 0.3) is 11.5 Å². The standard InChI is InChI=1S/C20H28N4O2S/c1-14-3-8-24(9-4-14)20(25)15(2)23-10-5-16(6-11-23)18-21-22-19(26-18)17-7-12-27-13-17/h7,12-16H,3-6,8-11H2,1-2H3. The van der Waals surface area contributed by atoms with E-state index in [1.54, 1.807) is 11.3 Å². The van der Waals surface area contributed by atoms with Crippen molar-refractivity contribution >= 4 is 17.2 Å². The summed E-state index contributed by atoms with van der Waals surface area (Å²) in [6, 6.07) is 1.96. The van der Waals surface area contributed by atoms with E-state index in [4.69, 9.17) is 4.42 Å². The molecule has 146 valence electrons. The average Bonchev–Trinajstić information content (AvgIpc) is 3.39. The molecule has 1 amide bonds. The Morgan fingerprint density at radius 3 is 2.59 bits per heavy atom. The molecule has 0 spiro atoms. The molecule has 0 bridgehead atoms. The number of rotatable bonds is 4. The topological polar surface area (TPSA) is 62.5 Å². The molecule has 2 aliphatic heterocycles. The Balaban J connectivity index is 1.31. The first-order chi connectivity index (χ1) is 13.1. The summed E-state index contributed by atoms with van der Waals surface area (Å²) in [4.78, 5) is 17.2. The Morgan fingerprint density at radius 2 is 1.93 bits per heavy atom. The lowest BCUT2D eigenvalue weighted by Crippen LogP contribution is -2.51. The molecule has 2 aliphatic rings. The third-order valence-electron chi connectivity index (χ3n) is 6.09. The van der Waals surface area contributed by atoms with Crippen molar-refractivity contribution in [2.45, 2.75) is 51.5 Å². The minimum Gasteiger partial charge on any atom is -0.420 e. The molecule has 0 aromatic carbocycles. The van der Waals surface area contributed by atoms with E-state index in [9.17, 15) is 4.79 Å². The molecule has 0 N–H and O–H groups in total. The Morgan fingerprint density at radius 1 is 1.19 bits per heavy atom. The zero-order chi connectivity index (χ0) is 18.8. The number of amides is 1. The highest BCUT2D eigenvalue weighted by Gasteiger charge is 2.32. The molecule has 27 heavy (non-hydrogen) atoms. The molecule has 2 saturated heterocycles. The largest absolute Gasteiger partial charge is 0.420 e. The number of carbonyl (C=O) groups excluding carboxylic acids is 1. The van der Waals surface area contributed by atoms with E-state index in [0.717, 1.165) is 69.2 Å². The number of aromatic nitrogens is 2. The lowest BCUT2D eigenvalue weighted by Gasteiger charge is -2.38. The molecular formula is C20H28N4O2S. The lowest BCUT2D eigenvalue weighted by molar-refractivity contribution is -0.138. The average molecular weight is 389 g/mol. The molecule has 2 fully saturated rings. The van der Waals surface area contributed by atoms with Gasteiger partial charge in [0, 0.05) is 30.0 Å². The summed E-state index contributed by atoms with van der Waals surface area (Å²) in [5.41, 5.74) is 0.992. The van der Waals surface area contributed by atoms with Crippen LogP contribution in [-0.2, 0) is 4.79 Å². The molecule has 1 unspecified atom stereocenters. The number of piperidine rings is 2. The second kappa shape index (κ2) is 8.10. The van der Waals surface area contributed by atoms with Gasteiger partial charge in [-0.15, -0.1) is 10.2 Å². The number of thiophene rings is 1. The van der Waals surface area contributed by atoms with Crippen LogP contribution in [0.2, 0.25) is 0 Å². The fourth-order valence-corrected chi connectivity index (χ4v) is 4.72. The van der Waals surface area contributed by atoms with E-state index >= 15 is 0 Å². The summed E-state index contributed by atoms with van der Waals surface area (Å²) >= 11 is 1.63. The van der Waals surface area contributed by atoms with Crippen molar-refractivity contribution in [3.63, 3.8) is 0 Å². The molecule has 0 aliphatic carbocycles. The number of hydrogen-bond donors (Lipinski definition) is 0. The third-order valence-corrected chi connectivity index (χ3v) is 6.77. The van der Waals surface area contributed by atoms with Crippen molar-refractivity contribution in [1.82, 2.24) is 20.0 Å².